The van der Waals surface area contributed by atoms with Crippen LogP contribution in [0.5, 0.6) is 5.75 Å². The zero-order chi connectivity index (χ0) is 16.4. The number of rotatable bonds is 8. The fourth-order valence-corrected chi connectivity index (χ4v) is 1.86. The lowest BCUT2D eigenvalue weighted by Crippen LogP contribution is -2.40. The fraction of sp³-hybridized carbons (Fsp3) is 0.500. The van der Waals surface area contributed by atoms with E-state index in [1.807, 2.05) is 6.07 Å². The van der Waals surface area contributed by atoms with Crippen LogP contribution in [0.2, 0.25) is 0 Å². The Balaban J connectivity index is 2.55. The van der Waals surface area contributed by atoms with Crippen molar-refractivity contribution in [1.82, 2.24) is 10.6 Å². The fourth-order valence-electron chi connectivity index (χ4n) is 1.67. The van der Waals surface area contributed by atoms with Crippen LogP contribution in [0.3, 0.4) is 0 Å². The number of para-hydroxylation sites is 1. The maximum atomic E-state index is 12.3. The summed E-state index contributed by atoms with van der Waals surface area (Å²) in [6.45, 7) is 5.97. The molecule has 0 aromatic heterocycles. The van der Waals surface area contributed by atoms with Crippen molar-refractivity contribution in [1.29, 1.82) is 0 Å². The van der Waals surface area contributed by atoms with Gasteiger partial charge in [0.15, 0.2) is 5.11 Å². The van der Waals surface area contributed by atoms with E-state index in [2.05, 4.69) is 24.5 Å². The van der Waals surface area contributed by atoms with Crippen molar-refractivity contribution in [3.63, 3.8) is 0 Å². The summed E-state index contributed by atoms with van der Waals surface area (Å²) in [4.78, 5) is 12.3. The largest absolute Gasteiger partial charge is 0.492 e. The monoisotopic (exact) mass is 324 g/mol. The lowest BCUT2D eigenvalue weighted by atomic mass is 10.2. The third-order valence-electron chi connectivity index (χ3n) is 2.74. The molecule has 0 aliphatic heterocycles. The van der Waals surface area contributed by atoms with E-state index in [1.54, 1.807) is 25.3 Å². The maximum Gasteiger partial charge on any atom is 0.261 e. The van der Waals surface area contributed by atoms with Crippen LogP contribution in [0.25, 0.3) is 0 Å². The second-order valence-corrected chi connectivity index (χ2v) is 5.67. The van der Waals surface area contributed by atoms with Gasteiger partial charge in [0.05, 0.1) is 12.2 Å². The standard InChI is InChI=1S/C16H24N2O3S/c1-12(2)11-21-14-8-5-4-7-13(14)15(19)18-16(22)17-9-6-10-20-3/h4-5,7-8,12H,6,9-11H2,1-3H3,(H2,17,18,19,22). The highest BCUT2D eigenvalue weighted by atomic mass is 32.1. The minimum absolute atomic E-state index is 0.274. The molecule has 0 atom stereocenters. The summed E-state index contributed by atoms with van der Waals surface area (Å²) in [6.07, 6.45) is 0.820. The molecule has 0 saturated heterocycles. The normalized spacial score (nSPS) is 10.4. The molecule has 0 aliphatic rings. The molecular weight excluding hydrogens is 300 g/mol. The van der Waals surface area contributed by atoms with E-state index in [9.17, 15) is 4.79 Å². The number of thiocarbonyl (C=S) groups is 1. The molecule has 122 valence electrons. The van der Waals surface area contributed by atoms with Gasteiger partial charge in [0.1, 0.15) is 5.75 Å². The number of methoxy groups -OCH3 is 1. The lowest BCUT2D eigenvalue weighted by molar-refractivity contribution is 0.0972. The molecule has 2 N–H and O–H groups in total. The quantitative estimate of drug-likeness (QED) is 0.568. The van der Waals surface area contributed by atoms with Gasteiger partial charge in [-0.2, -0.15) is 0 Å². The zero-order valence-corrected chi connectivity index (χ0v) is 14.2. The maximum absolute atomic E-state index is 12.3. The highest BCUT2D eigenvalue weighted by molar-refractivity contribution is 7.80. The van der Waals surface area contributed by atoms with E-state index in [4.69, 9.17) is 21.7 Å². The van der Waals surface area contributed by atoms with Crippen LogP contribution in [0.4, 0.5) is 0 Å². The molecule has 1 aromatic carbocycles. The Hall–Kier alpha value is -1.66. The second-order valence-electron chi connectivity index (χ2n) is 5.26. The average Bonchev–Trinajstić information content (AvgIpc) is 2.49. The number of ether oxygens (including phenoxy) is 2. The average molecular weight is 324 g/mol. The van der Waals surface area contributed by atoms with Gasteiger partial charge in [-0.1, -0.05) is 26.0 Å². The first-order valence-electron chi connectivity index (χ1n) is 7.34. The predicted molar refractivity (Wildman–Crippen MR) is 91.3 cm³/mol. The summed E-state index contributed by atoms with van der Waals surface area (Å²) in [5.41, 5.74) is 0.476. The van der Waals surface area contributed by atoms with Crippen LogP contribution < -0.4 is 15.4 Å². The number of hydrogen-bond acceptors (Lipinski definition) is 4. The van der Waals surface area contributed by atoms with Crippen LogP contribution in [0.1, 0.15) is 30.6 Å². The highest BCUT2D eigenvalue weighted by Gasteiger charge is 2.13. The van der Waals surface area contributed by atoms with Crippen molar-refractivity contribution < 1.29 is 14.3 Å². The Morgan fingerprint density at radius 1 is 1.32 bits per heavy atom. The molecule has 1 amide bonds. The predicted octanol–water partition coefficient (Wildman–Crippen LogP) is 2.36. The second kappa shape index (κ2) is 10.1. The smallest absolute Gasteiger partial charge is 0.261 e. The van der Waals surface area contributed by atoms with Crippen LogP contribution in [0, 0.1) is 5.92 Å². The molecule has 5 nitrogen and oxygen atoms in total. The van der Waals surface area contributed by atoms with Crippen molar-refractivity contribution in [3.05, 3.63) is 29.8 Å². The summed E-state index contributed by atoms with van der Waals surface area (Å²) >= 11 is 5.10. The Kier molecular flexibility index (Phi) is 8.47. The Morgan fingerprint density at radius 3 is 2.73 bits per heavy atom. The minimum Gasteiger partial charge on any atom is -0.492 e. The van der Waals surface area contributed by atoms with Crippen molar-refractivity contribution >= 4 is 23.2 Å². The van der Waals surface area contributed by atoms with Gasteiger partial charge in [0.25, 0.3) is 5.91 Å². The molecule has 0 aliphatic carbocycles. The third kappa shape index (κ3) is 6.87. The number of hydrogen-bond donors (Lipinski definition) is 2. The summed E-state index contributed by atoms with van der Waals surface area (Å²) < 4.78 is 10.6. The van der Waals surface area contributed by atoms with E-state index < -0.39 is 0 Å². The van der Waals surface area contributed by atoms with E-state index in [1.165, 1.54) is 0 Å². The van der Waals surface area contributed by atoms with Crippen molar-refractivity contribution in [2.24, 2.45) is 5.92 Å². The van der Waals surface area contributed by atoms with Crippen LogP contribution in [0.15, 0.2) is 24.3 Å². The van der Waals surface area contributed by atoms with E-state index in [-0.39, 0.29) is 5.91 Å². The molecule has 1 aromatic rings. The molecule has 0 heterocycles. The lowest BCUT2D eigenvalue weighted by Gasteiger charge is -2.14. The summed E-state index contributed by atoms with van der Waals surface area (Å²) in [5.74, 6) is 0.680. The molecule has 0 unspecified atom stereocenters. The topological polar surface area (TPSA) is 59.6 Å². The molecule has 0 bridgehead atoms. The third-order valence-corrected chi connectivity index (χ3v) is 2.99. The van der Waals surface area contributed by atoms with Gasteiger partial charge in [-0.25, -0.2) is 0 Å². The van der Waals surface area contributed by atoms with Crippen LogP contribution in [-0.4, -0.2) is 37.9 Å². The van der Waals surface area contributed by atoms with Gasteiger partial charge in [-0.05, 0) is 36.7 Å². The van der Waals surface area contributed by atoms with Gasteiger partial charge in [-0.15, -0.1) is 0 Å². The zero-order valence-electron chi connectivity index (χ0n) is 13.3. The molecule has 0 fully saturated rings. The molecule has 0 spiro atoms. The van der Waals surface area contributed by atoms with E-state index in [0.29, 0.717) is 42.1 Å². The van der Waals surface area contributed by atoms with Crippen LogP contribution >= 0.6 is 12.2 Å². The van der Waals surface area contributed by atoms with Crippen LogP contribution in [-0.2, 0) is 4.74 Å². The molecule has 22 heavy (non-hydrogen) atoms. The first-order chi connectivity index (χ1) is 10.5. The summed E-state index contributed by atoms with van der Waals surface area (Å²) in [7, 11) is 1.65. The molecule has 0 radical (unpaired) electrons. The van der Waals surface area contributed by atoms with E-state index >= 15 is 0 Å². The van der Waals surface area contributed by atoms with Crippen molar-refractivity contribution in [2.45, 2.75) is 20.3 Å². The number of carbonyl (C=O) groups excluding carboxylic acids is 1. The molecule has 1 rings (SSSR count). The Bertz CT molecular complexity index is 492. The summed E-state index contributed by atoms with van der Waals surface area (Å²) in [5, 5.41) is 5.93. The van der Waals surface area contributed by atoms with Crippen molar-refractivity contribution in [3.8, 4) is 5.75 Å². The van der Waals surface area contributed by atoms with Crippen molar-refractivity contribution in [2.75, 3.05) is 26.9 Å². The molecule has 6 heteroatoms. The van der Waals surface area contributed by atoms with Gasteiger partial charge in [-0.3, -0.25) is 10.1 Å². The van der Waals surface area contributed by atoms with Gasteiger partial charge >= 0.3 is 0 Å². The SMILES string of the molecule is COCCCNC(=S)NC(=O)c1ccccc1OCC(C)C. The summed E-state index contributed by atoms with van der Waals surface area (Å²) in [6, 6.07) is 7.14. The van der Waals surface area contributed by atoms with Gasteiger partial charge in [0, 0.05) is 20.3 Å². The molecular formula is C16H24N2O3S. The first-order valence-corrected chi connectivity index (χ1v) is 7.75. The Morgan fingerprint density at radius 2 is 2.05 bits per heavy atom. The van der Waals surface area contributed by atoms with Gasteiger partial charge in [0.2, 0.25) is 0 Å². The first kappa shape index (κ1) is 18.4. The molecule has 0 saturated carbocycles. The number of nitrogens with one attached hydrogen (secondary N) is 2. The number of benzene rings is 1. The van der Waals surface area contributed by atoms with E-state index in [0.717, 1.165) is 6.42 Å². The Labute approximate surface area is 137 Å². The minimum atomic E-state index is -0.274. The number of carbonyl (C=O) groups is 1. The number of amides is 1. The van der Waals surface area contributed by atoms with Gasteiger partial charge < -0.3 is 14.8 Å². The highest BCUT2D eigenvalue weighted by Crippen LogP contribution is 2.18.